The predicted octanol–water partition coefficient (Wildman–Crippen LogP) is 2.03. The predicted molar refractivity (Wildman–Crippen MR) is 75.3 cm³/mol. The highest BCUT2D eigenvalue weighted by Crippen LogP contribution is 2.17. The molecule has 20 heavy (non-hydrogen) atoms. The molecule has 0 radical (unpaired) electrons. The first kappa shape index (κ1) is 14.1. The van der Waals surface area contributed by atoms with Crippen LogP contribution in [0.15, 0.2) is 36.7 Å². The lowest BCUT2D eigenvalue weighted by Gasteiger charge is -2.05. The molecule has 2 aromatic rings. The van der Waals surface area contributed by atoms with Crippen molar-refractivity contribution in [2.45, 2.75) is 19.9 Å². The average molecular weight is 272 g/mol. The third-order valence-electron chi connectivity index (χ3n) is 2.90. The molecule has 0 aliphatic carbocycles. The Morgan fingerprint density at radius 3 is 2.75 bits per heavy atom. The molecule has 0 atom stereocenters. The van der Waals surface area contributed by atoms with Crippen LogP contribution < -0.4 is 5.32 Å². The van der Waals surface area contributed by atoms with Gasteiger partial charge in [0.25, 0.3) is 5.69 Å². The summed E-state index contributed by atoms with van der Waals surface area (Å²) < 4.78 is 0. The van der Waals surface area contributed by atoms with E-state index >= 15 is 0 Å². The molecule has 6 nitrogen and oxygen atoms in total. The van der Waals surface area contributed by atoms with Gasteiger partial charge in [-0.25, -0.2) is 0 Å². The molecule has 0 amide bonds. The van der Waals surface area contributed by atoms with Crippen LogP contribution in [0, 0.1) is 17.0 Å². The van der Waals surface area contributed by atoms with Gasteiger partial charge in [-0.15, -0.1) is 0 Å². The van der Waals surface area contributed by atoms with Gasteiger partial charge in [0.2, 0.25) is 0 Å². The zero-order chi connectivity index (χ0) is 14.4. The van der Waals surface area contributed by atoms with E-state index in [1.807, 2.05) is 13.0 Å². The molecule has 2 rings (SSSR count). The summed E-state index contributed by atoms with van der Waals surface area (Å²) in [6.45, 7) is 3.15. The second kappa shape index (κ2) is 6.72. The molecule has 0 saturated heterocycles. The fourth-order valence-electron chi connectivity index (χ4n) is 1.85. The number of nitrogens with zero attached hydrogens (tertiary/aromatic N) is 3. The molecule has 1 aromatic carbocycles. The quantitative estimate of drug-likeness (QED) is 0.494. The van der Waals surface area contributed by atoms with E-state index in [2.05, 4.69) is 15.3 Å². The van der Waals surface area contributed by atoms with Crippen molar-refractivity contribution in [1.29, 1.82) is 0 Å². The summed E-state index contributed by atoms with van der Waals surface area (Å²) in [6.07, 6.45) is 4.06. The van der Waals surface area contributed by atoms with Gasteiger partial charge in [0, 0.05) is 30.6 Å². The van der Waals surface area contributed by atoms with E-state index in [0.29, 0.717) is 19.5 Å². The lowest BCUT2D eigenvalue weighted by molar-refractivity contribution is -0.385. The van der Waals surface area contributed by atoms with Crippen LogP contribution >= 0.6 is 0 Å². The molecule has 1 heterocycles. The van der Waals surface area contributed by atoms with Gasteiger partial charge >= 0.3 is 0 Å². The van der Waals surface area contributed by atoms with Gasteiger partial charge in [0.15, 0.2) is 0 Å². The molecule has 0 saturated carbocycles. The summed E-state index contributed by atoms with van der Waals surface area (Å²) in [7, 11) is 0. The van der Waals surface area contributed by atoms with E-state index in [0.717, 1.165) is 17.0 Å². The molecular formula is C14H16N4O2. The van der Waals surface area contributed by atoms with Crippen LogP contribution in [0.2, 0.25) is 0 Å². The van der Waals surface area contributed by atoms with Gasteiger partial charge in [-0.3, -0.25) is 20.1 Å². The number of aromatic nitrogens is 2. The number of nitrogens with one attached hydrogen (secondary N) is 1. The van der Waals surface area contributed by atoms with Crippen molar-refractivity contribution in [3.63, 3.8) is 0 Å². The molecular weight excluding hydrogens is 256 g/mol. The fraction of sp³-hybridized carbons (Fsp3) is 0.286. The Morgan fingerprint density at radius 1 is 1.25 bits per heavy atom. The topological polar surface area (TPSA) is 81.0 Å². The first-order valence-corrected chi connectivity index (χ1v) is 6.37. The van der Waals surface area contributed by atoms with E-state index in [4.69, 9.17) is 0 Å². The summed E-state index contributed by atoms with van der Waals surface area (Å²) in [4.78, 5) is 18.9. The Morgan fingerprint density at radius 2 is 2.05 bits per heavy atom. The third kappa shape index (κ3) is 3.83. The minimum Gasteiger partial charge on any atom is -0.311 e. The maximum Gasteiger partial charge on any atom is 0.272 e. The SMILES string of the molecule is Cc1cnc(CNCCc2ccccc2[N+](=O)[O-])cn1. The van der Waals surface area contributed by atoms with E-state index in [1.165, 1.54) is 6.07 Å². The van der Waals surface area contributed by atoms with Crippen LogP contribution in [0.4, 0.5) is 5.69 Å². The fourth-order valence-corrected chi connectivity index (χ4v) is 1.85. The standard InChI is InChI=1S/C14H16N4O2/c1-11-8-17-13(10-16-11)9-15-7-6-12-4-2-3-5-14(12)18(19)20/h2-5,8,10,15H,6-7,9H2,1H3. The molecule has 0 fully saturated rings. The van der Waals surface area contributed by atoms with Gasteiger partial charge in [0.1, 0.15) is 0 Å². The monoisotopic (exact) mass is 272 g/mol. The van der Waals surface area contributed by atoms with Crippen LogP contribution in [0.25, 0.3) is 0 Å². The summed E-state index contributed by atoms with van der Waals surface area (Å²) in [5, 5.41) is 14.1. The molecule has 104 valence electrons. The van der Waals surface area contributed by atoms with Crippen molar-refractivity contribution in [1.82, 2.24) is 15.3 Å². The minimum atomic E-state index is -0.346. The molecule has 0 aliphatic rings. The molecule has 0 bridgehead atoms. The number of para-hydroxylation sites is 1. The highest BCUT2D eigenvalue weighted by atomic mass is 16.6. The number of nitro groups is 1. The summed E-state index contributed by atoms with van der Waals surface area (Å²) in [6, 6.07) is 6.80. The first-order valence-electron chi connectivity index (χ1n) is 6.37. The highest BCUT2D eigenvalue weighted by molar-refractivity contribution is 5.39. The van der Waals surface area contributed by atoms with Crippen molar-refractivity contribution in [3.05, 3.63) is 63.7 Å². The molecule has 1 N–H and O–H groups in total. The van der Waals surface area contributed by atoms with E-state index < -0.39 is 0 Å². The lowest BCUT2D eigenvalue weighted by Crippen LogP contribution is -2.18. The zero-order valence-corrected chi connectivity index (χ0v) is 11.2. The van der Waals surface area contributed by atoms with Crippen LogP contribution in [0.1, 0.15) is 17.0 Å². The Bertz CT molecular complexity index is 584. The lowest BCUT2D eigenvalue weighted by atomic mass is 10.1. The van der Waals surface area contributed by atoms with Crippen molar-refractivity contribution < 1.29 is 4.92 Å². The van der Waals surface area contributed by atoms with Gasteiger partial charge in [-0.1, -0.05) is 18.2 Å². The van der Waals surface area contributed by atoms with Gasteiger partial charge in [-0.05, 0) is 19.9 Å². The zero-order valence-electron chi connectivity index (χ0n) is 11.2. The van der Waals surface area contributed by atoms with Crippen LogP contribution in [0.5, 0.6) is 0 Å². The van der Waals surface area contributed by atoms with Crippen molar-refractivity contribution in [2.24, 2.45) is 0 Å². The summed E-state index contributed by atoms with van der Waals surface area (Å²) in [5.41, 5.74) is 2.65. The number of hydrogen-bond acceptors (Lipinski definition) is 5. The minimum absolute atomic E-state index is 0.171. The molecule has 0 spiro atoms. The Balaban J connectivity index is 1.84. The van der Waals surface area contributed by atoms with E-state index in [9.17, 15) is 10.1 Å². The Hall–Kier alpha value is -2.34. The molecule has 1 aromatic heterocycles. The van der Waals surface area contributed by atoms with Gasteiger partial charge in [-0.2, -0.15) is 0 Å². The molecule has 0 aliphatic heterocycles. The second-order valence-electron chi connectivity index (χ2n) is 4.46. The largest absolute Gasteiger partial charge is 0.311 e. The number of rotatable bonds is 6. The van der Waals surface area contributed by atoms with Crippen molar-refractivity contribution in [3.8, 4) is 0 Å². The van der Waals surface area contributed by atoms with Crippen molar-refractivity contribution in [2.75, 3.05) is 6.54 Å². The highest BCUT2D eigenvalue weighted by Gasteiger charge is 2.11. The maximum absolute atomic E-state index is 10.9. The summed E-state index contributed by atoms with van der Waals surface area (Å²) >= 11 is 0. The average Bonchev–Trinajstić information content (AvgIpc) is 2.46. The van der Waals surface area contributed by atoms with Crippen LogP contribution in [-0.4, -0.2) is 21.4 Å². The van der Waals surface area contributed by atoms with Gasteiger partial charge < -0.3 is 5.32 Å². The Labute approximate surface area is 117 Å². The number of aryl methyl sites for hydroxylation is 1. The first-order chi connectivity index (χ1) is 9.66. The third-order valence-corrected chi connectivity index (χ3v) is 2.90. The molecule has 6 heteroatoms. The number of hydrogen-bond donors (Lipinski definition) is 1. The Kier molecular flexibility index (Phi) is 4.73. The van der Waals surface area contributed by atoms with Crippen molar-refractivity contribution >= 4 is 5.69 Å². The second-order valence-corrected chi connectivity index (χ2v) is 4.46. The maximum atomic E-state index is 10.9. The number of nitro benzene ring substituents is 1. The summed E-state index contributed by atoms with van der Waals surface area (Å²) in [5.74, 6) is 0. The smallest absolute Gasteiger partial charge is 0.272 e. The van der Waals surface area contributed by atoms with E-state index in [-0.39, 0.29) is 10.6 Å². The van der Waals surface area contributed by atoms with E-state index in [1.54, 1.807) is 24.5 Å². The number of benzene rings is 1. The van der Waals surface area contributed by atoms with Crippen LogP contribution in [-0.2, 0) is 13.0 Å². The van der Waals surface area contributed by atoms with Crippen LogP contribution in [0.3, 0.4) is 0 Å². The van der Waals surface area contributed by atoms with Gasteiger partial charge in [0.05, 0.1) is 16.3 Å². The normalized spacial score (nSPS) is 10.4. The molecule has 0 unspecified atom stereocenters.